The number of aryl methyl sites for hydroxylation is 1. The van der Waals surface area contributed by atoms with Crippen LogP contribution in [-0.4, -0.2) is 31.7 Å². The van der Waals surface area contributed by atoms with Crippen molar-refractivity contribution in [1.29, 1.82) is 0 Å². The molecular formula is C28H23BrClF3N4O3S. The standard InChI is InChI=1S/C28H23BrClF3N4O3S/c1-18-13-20(19(2)37(18)23-8-6-7-21(29)14-23)16-34-35-27(38)17-36(41(39,40)24-9-4-3-5-10-24)22-11-12-26(30)25(15-22)28(31,32)33/h3-16H,17H2,1-2H3,(H,35,38)/b34-16+. The van der Waals surface area contributed by atoms with Gasteiger partial charge in [0.25, 0.3) is 15.9 Å². The Bertz CT molecular complexity index is 1730. The van der Waals surface area contributed by atoms with E-state index in [1.165, 1.54) is 30.5 Å². The summed E-state index contributed by atoms with van der Waals surface area (Å²) in [7, 11) is -4.44. The molecule has 0 radical (unpaired) electrons. The highest BCUT2D eigenvalue weighted by Crippen LogP contribution is 2.38. The molecule has 0 spiro atoms. The number of hydrogen-bond donors (Lipinski definition) is 1. The minimum atomic E-state index is -4.84. The van der Waals surface area contributed by atoms with E-state index in [1.807, 2.05) is 48.7 Å². The maximum Gasteiger partial charge on any atom is 0.417 e. The van der Waals surface area contributed by atoms with Crippen molar-refractivity contribution in [2.24, 2.45) is 5.10 Å². The summed E-state index contributed by atoms with van der Waals surface area (Å²) < 4.78 is 71.0. The Balaban J connectivity index is 1.61. The molecule has 0 saturated carbocycles. The fraction of sp³-hybridized carbons (Fsp3) is 0.143. The van der Waals surface area contributed by atoms with Gasteiger partial charge in [0, 0.05) is 27.1 Å². The molecule has 1 amide bonds. The zero-order valence-corrected chi connectivity index (χ0v) is 24.8. The van der Waals surface area contributed by atoms with Crippen LogP contribution in [0.5, 0.6) is 0 Å². The van der Waals surface area contributed by atoms with Crippen LogP contribution in [0, 0.1) is 13.8 Å². The van der Waals surface area contributed by atoms with Crippen LogP contribution in [-0.2, 0) is 21.0 Å². The molecule has 0 aliphatic carbocycles. The van der Waals surface area contributed by atoms with E-state index < -0.39 is 39.2 Å². The number of hydrazone groups is 1. The summed E-state index contributed by atoms with van der Waals surface area (Å²) in [5, 5.41) is 3.37. The Morgan fingerprint density at radius 2 is 1.76 bits per heavy atom. The molecule has 0 aliphatic rings. The van der Waals surface area contributed by atoms with Gasteiger partial charge >= 0.3 is 6.18 Å². The zero-order valence-electron chi connectivity index (χ0n) is 21.7. The van der Waals surface area contributed by atoms with Crippen molar-refractivity contribution < 1.29 is 26.4 Å². The zero-order chi connectivity index (χ0) is 29.9. The maximum atomic E-state index is 13.5. The van der Waals surface area contributed by atoms with Crippen molar-refractivity contribution in [1.82, 2.24) is 9.99 Å². The summed E-state index contributed by atoms with van der Waals surface area (Å²) in [6.45, 7) is 2.95. The van der Waals surface area contributed by atoms with Crippen LogP contribution < -0.4 is 9.73 Å². The molecule has 1 aromatic heterocycles. The molecule has 0 bridgehead atoms. The first kappa shape index (κ1) is 30.4. The van der Waals surface area contributed by atoms with Crippen LogP contribution in [0.15, 0.2) is 93.3 Å². The highest BCUT2D eigenvalue weighted by Gasteiger charge is 2.35. The van der Waals surface area contributed by atoms with Crippen LogP contribution in [0.2, 0.25) is 5.02 Å². The molecule has 0 atom stereocenters. The minimum Gasteiger partial charge on any atom is -0.318 e. The second-order valence-electron chi connectivity index (χ2n) is 8.92. The maximum absolute atomic E-state index is 13.5. The summed E-state index contributed by atoms with van der Waals surface area (Å²) in [6, 6.07) is 19.3. The molecule has 1 N–H and O–H groups in total. The van der Waals surface area contributed by atoms with Gasteiger partial charge < -0.3 is 4.57 Å². The van der Waals surface area contributed by atoms with E-state index in [4.69, 9.17) is 11.6 Å². The molecule has 0 aliphatic heterocycles. The minimum absolute atomic E-state index is 0.209. The third-order valence-electron chi connectivity index (χ3n) is 6.09. The molecule has 0 saturated heterocycles. The van der Waals surface area contributed by atoms with Gasteiger partial charge in [0.15, 0.2) is 0 Å². The number of amides is 1. The Kier molecular flexibility index (Phi) is 8.95. The largest absolute Gasteiger partial charge is 0.417 e. The van der Waals surface area contributed by atoms with Gasteiger partial charge in [0.2, 0.25) is 0 Å². The molecule has 4 aromatic rings. The second kappa shape index (κ2) is 12.1. The molecule has 41 heavy (non-hydrogen) atoms. The third-order valence-corrected chi connectivity index (χ3v) is 8.70. The quantitative estimate of drug-likeness (QED) is 0.164. The first-order chi connectivity index (χ1) is 19.3. The number of anilines is 1. The number of nitrogens with zero attached hydrogens (tertiary/aromatic N) is 3. The number of benzene rings is 3. The molecule has 7 nitrogen and oxygen atoms in total. The fourth-order valence-corrected chi connectivity index (χ4v) is 6.24. The monoisotopic (exact) mass is 666 g/mol. The first-order valence-electron chi connectivity index (χ1n) is 12.0. The van der Waals surface area contributed by atoms with E-state index in [9.17, 15) is 26.4 Å². The molecule has 4 rings (SSSR count). The summed E-state index contributed by atoms with van der Waals surface area (Å²) in [4.78, 5) is 12.7. The van der Waals surface area contributed by atoms with E-state index in [0.29, 0.717) is 15.9 Å². The number of halogens is 5. The SMILES string of the molecule is Cc1cc(/C=N/NC(=O)CN(c2ccc(Cl)c(C(F)(F)F)c2)S(=O)(=O)c2ccccc2)c(C)n1-c1cccc(Br)c1. The van der Waals surface area contributed by atoms with E-state index in [0.717, 1.165) is 33.7 Å². The van der Waals surface area contributed by atoms with Gasteiger partial charge in [-0.2, -0.15) is 18.3 Å². The molecule has 3 aromatic carbocycles. The summed E-state index contributed by atoms with van der Waals surface area (Å²) in [6.07, 6.45) is -3.43. The summed E-state index contributed by atoms with van der Waals surface area (Å²) in [5.74, 6) is -0.870. The lowest BCUT2D eigenvalue weighted by Crippen LogP contribution is -2.39. The lowest BCUT2D eigenvalue weighted by atomic mass is 10.2. The molecule has 1 heterocycles. The Morgan fingerprint density at radius 1 is 1.05 bits per heavy atom. The number of hydrogen-bond acceptors (Lipinski definition) is 4. The Morgan fingerprint density at radius 3 is 2.41 bits per heavy atom. The van der Waals surface area contributed by atoms with Crippen molar-refractivity contribution in [3.63, 3.8) is 0 Å². The highest BCUT2D eigenvalue weighted by molar-refractivity contribution is 9.10. The molecule has 0 fully saturated rings. The first-order valence-corrected chi connectivity index (χ1v) is 14.6. The molecule has 0 unspecified atom stereocenters. The van der Waals surface area contributed by atoms with Crippen LogP contribution >= 0.6 is 27.5 Å². The number of nitrogens with one attached hydrogen (secondary N) is 1. The number of alkyl halides is 3. The topological polar surface area (TPSA) is 83.8 Å². The predicted octanol–water partition coefficient (Wildman–Crippen LogP) is 6.87. The summed E-state index contributed by atoms with van der Waals surface area (Å²) >= 11 is 9.19. The molecular weight excluding hydrogens is 645 g/mol. The van der Waals surface area contributed by atoms with Crippen molar-refractivity contribution in [2.75, 3.05) is 10.8 Å². The molecule has 214 valence electrons. The van der Waals surface area contributed by atoms with Crippen LogP contribution in [0.25, 0.3) is 5.69 Å². The van der Waals surface area contributed by atoms with E-state index in [1.54, 1.807) is 6.07 Å². The number of carbonyl (C=O) groups is 1. The number of carbonyl (C=O) groups excluding carboxylic acids is 1. The second-order valence-corrected chi connectivity index (χ2v) is 12.1. The van der Waals surface area contributed by atoms with E-state index >= 15 is 0 Å². The average Bonchev–Trinajstić information content (AvgIpc) is 3.20. The normalized spacial score (nSPS) is 12.1. The van der Waals surface area contributed by atoms with Gasteiger partial charge in [-0.25, -0.2) is 13.8 Å². The highest BCUT2D eigenvalue weighted by atomic mass is 79.9. The third kappa shape index (κ3) is 6.83. The lowest BCUT2D eigenvalue weighted by molar-refractivity contribution is -0.137. The number of rotatable bonds is 8. The van der Waals surface area contributed by atoms with Crippen molar-refractivity contribution in [3.05, 3.63) is 111 Å². The van der Waals surface area contributed by atoms with Crippen LogP contribution in [0.3, 0.4) is 0 Å². The molecule has 13 heteroatoms. The van der Waals surface area contributed by atoms with Gasteiger partial charge in [-0.1, -0.05) is 51.8 Å². The van der Waals surface area contributed by atoms with Gasteiger partial charge in [0.1, 0.15) is 6.54 Å². The van der Waals surface area contributed by atoms with Gasteiger partial charge in [-0.05, 0) is 68.4 Å². The number of aromatic nitrogens is 1. The Hall–Kier alpha value is -3.61. The van der Waals surface area contributed by atoms with Crippen molar-refractivity contribution in [2.45, 2.75) is 24.9 Å². The predicted molar refractivity (Wildman–Crippen MR) is 156 cm³/mol. The van der Waals surface area contributed by atoms with Gasteiger partial charge in [-0.3, -0.25) is 9.10 Å². The Labute approximate surface area is 248 Å². The fourth-order valence-electron chi connectivity index (χ4n) is 4.19. The lowest BCUT2D eigenvalue weighted by Gasteiger charge is -2.24. The van der Waals surface area contributed by atoms with E-state index in [-0.39, 0.29) is 10.6 Å². The van der Waals surface area contributed by atoms with Crippen molar-refractivity contribution in [3.8, 4) is 5.69 Å². The van der Waals surface area contributed by atoms with Crippen LogP contribution in [0.1, 0.15) is 22.5 Å². The van der Waals surface area contributed by atoms with Crippen molar-refractivity contribution >= 4 is 55.4 Å². The number of sulfonamides is 1. The van der Waals surface area contributed by atoms with E-state index in [2.05, 4.69) is 26.5 Å². The van der Waals surface area contributed by atoms with Gasteiger partial charge in [-0.15, -0.1) is 0 Å². The van der Waals surface area contributed by atoms with Gasteiger partial charge in [0.05, 0.1) is 27.4 Å². The smallest absolute Gasteiger partial charge is 0.318 e. The average molecular weight is 668 g/mol. The summed E-state index contributed by atoms with van der Waals surface area (Å²) in [5.41, 5.74) is 4.03. The van der Waals surface area contributed by atoms with Crippen LogP contribution in [0.4, 0.5) is 18.9 Å².